The number of hydrogen-bond acceptors (Lipinski definition) is 7. The zero-order chi connectivity index (χ0) is 23.0. The van der Waals surface area contributed by atoms with Crippen LogP contribution in [-0.2, 0) is 22.4 Å². The SMILES string of the molecule is COC(=O)N1CCc2c(c(N(C)c3cc(F)c(N)cc3C(=O)O)nn2C2CCOCC2)C1. The van der Waals surface area contributed by atoms with Crippen LogP contribution in [0.25, 0.3) is 0 Å². The molecule has 11 heteroatoms. The number of carboxylic acids is 1. The zero-order valence-electron chi connectivity index (χ0n) is 18.0. The lowest BCUT2D eigenvalue weighted by molar-refractivity contribution is 0.0649. The van der Waals surface area contributed by atoms with E-state index >= 15 is 0 Å². The molecule has 0 spiro atoms. The van der Waals surface area contributed by atoms with E-state index in [2.05, 4.69) is 0 Å². The molecule has 1 aromatic heterocycles. The fraction of sp³-hybridized carbons (Fsp3) is 0.476. The summed E-state index contributed by atoms with van der Waals surface area (Å²) in [6.45, 7) is 2.00. The summed E-state index contributed by atoms with van der Waals surface area (Å²) in [6, 6.07) is 2.33. The van der Waals surface area contributed by atoms with E-state index in [1.54, 1.807) is 16.8 Å². The summed E-state index contributed by atoms with van der Waals surface area (Å²) in [6.07, 6.45) is 1.72. The Morgan fingerprint density at radius 2 is 2.06 bits per heavy atom. The molecule has 32 heavy (non-hydrogen) atoms. The fourth-order valence-corrected chi connectivity index (χ4v) is 4.36. The van der Waals surface area contributed by atoms with Gasteiger partial charge in [-0.2, -0.15) is 5.10 Å². The van der Waals surface area contributed by atoms with Crippen LogP contribution in [-0.4, -0.2) is 65.8 Å². The Labute approximate surface area is 184 Å². The average Bonchev–Trinajstić information content (AvgIpc) is 3.18. The van der Waals surface area contributed by atoms with E-state index in [-0.39, 0.29) is 29.5 Å². The van der Waals surface area contributed by atoms with Gasteiger partial charge in [-0.15, -0.1) is 0 Å². The summed E-state index contributed by atoms with van der Waals surface area (Å²) in [7, 11) is 2.96. The van der Waals surface area contributed by atoms with Crippen LogP contribution in [0.1, 0.15) is 40.5 Å². The Morgan fingerprint density at radius 3 is 2.72 bits per heavy atom. The van der Waals surface area contributed by atoms with Crippen LogP contribution in [0.5, 0.6) is 0 Å². The van der Waals surface area contributed by atoms with Gasteiger partial charge in [-0.05, 0) is 18.9 Å². The highest BCUT2D eigenvalue weighted by atomic mass is 19.1. The number of rotatable bonds is 4. The minimum Gasteiger partial charge on any atom is -0.478 e. The highest BCUT2D eigenvalue weighted by Crippen LogP contribution is 2.37. The average molecular weight is 447 g/mol. The number of nitrogens with zero attached hydrogens (tertiary/aromatic N) is 4. The predicted octanol–water partition coefficient (Wildman–Crippen LogP) is 2.55. The highest BCUT2D eigenvalue weighted by Gasteiger charge is 2.33. The van der Waals surface area contributed by atoms with Crippen LogP contribution in [0.4, 0.5) is 26.4 Å². The first-order valence-corrected chi connectivity index (χ1v) is 10.4. The third-order valence-electron chi connectivity index (χ3n) is 6.06. The molecule has 3 heterocycles. The van der Waals surface area contributed by atoms with Gasteiger partial charge in [0.15, 0.2) is 5.82 Å². The van der Waals surface area contributed by atoms with Gasteiger partial charge < -0.3 is 30.1 Å². The largest absolute Gasteiger partial charge is 0.478 e. The van der Waals surface area contributed by atoms with E-state index in [4.69, 9.17) is 20.3 Å². The normalized spacial score (nSPS) is 16.5. The van der Waals surface area contributed by atoms with Crippen LogP contribution in [0.15, 0.2) is 12.1 Å². The first-order valence-electron chi connectivity index (χ1n) is 10.4. The summed E-state index contributed by atoms with van der Waals surface area (Å²) >= 11 is 0. The molecule has 172 valence electrons. The second-order valence-electron chi connectivity index (χ2n) is 7.93. The maximum absolute atomic E-state index is 14.3. The number of carbonyl (C=O) groups excluding carboxylic acids is 1. The number of anilines is 3. The fourth-order valence-electron chi connectivity index (χ4n) is 4.36. The van der Waals surface area contributed by atoms with E-state index in [0.29, 0.717) is 32.0 Å². The van der Waals surface area contributed by atoms with E-state index in [9.17, 15) is 19.1 Å². The number of ether oxygens (including phenoxy) is 2. The van der Waals surface area contributed by atoms with Gasteiger partial charge in [-0.25, -0.2) is 14.0 Å². The molecule has 10 nitrogen and oxygen atoms in total. The minimum atomic E-state index is -1.23. The van der Waals surface area contributed by atoms with E-state index in [0.717, 1.165) is 36.2 Å². The monoisotopic (exact) mass is 447 g/mol. The summed E-state index contributed by atoms with van der Waals surface area (Å²) in [4.78, 5) is 27.1. The molecule has 0 aliphatic carbocycles. The maximum atomic E-state index is 14.3. The number of fused-ring (bicyclic) bond motifs is 1. The van der Waals surface area contributed by atoms with E-state index in [1.807, 2.05) is 4.68 Å². The maximum Gasteiger partial charge on any atom is 0.409 e. The quantitative estimate of drug-likeness (QED) is 0.686. The van der Waals surface area contributed by atoms with Gasteiger partial charge in [-0.1, -0.05) is 0 Å². The van der Waals surface area contributed by atoms with Gasteiger partial charge in [0.1, 0.15) is 5.82 Å². The van der Waals surface area contributed by atoms with Crippen LogP contribution in [0, 0.1) is 5.82 Å². The van der Waals surface area contributed by atoms with Gasteiger partial charge in [0, 0.05) is 50.6 Å². The Balaban J connectivity index is 1.82. The van der Waals surface area contributed by atoms with Crippen LogP contribution in [0.2, 0.25) is 0 Å². The lowest BCUT2D eigenvalue weighted by Crippen LogP contribution is -2.37. The first-order chi connectivity index (χ1) is 15.3. The molecule has 0 unspecified atom stereocenters. The topological polar surface area (TPSA) is 123 Å². The van der Waals surface area contributed by atoms with Crippen molar-refractivity contribution in [1.29, 1.82) is 0 Å². The number of carbonyl (C=O) groups is 2. The van der Waals surface area contributed by atoms with Gasteiger partial charge >= 0.3 is 12.1 Å². The molecule has 1 amide bonds. The number of methoxy groups -OCH3 is 1. The Morgan fingerprint density at radius 1 is 1.34 bits per heavy atom. The summed E-state index contributed by atoms with van der Waals surface area (Å²) in [5.74, 6) is -1.48. The highest BCUT2D eigenvalue weighted by molar-refractivity contribution is 5.96. The molecule has 0 radical (unpaired) electrons. The van der Waals surface area contributed by atoms with Gasteiger partial charge in [0.2, 0.25) is 0 Å². The molecule has 2 aromatic rings. The molecule has 3 N–H and O–H groups in total. The van der Waals surface area contributed by atoms with Gasteiger partial charge in [-0.3, -0.25) is 4.68 Å². The molecule has 0 saturated carbocycles. The standard InChI is InChI=1S/C21H26FN5O5/c1-25(18-10-15(22)16(23)9-13(18)20(28)29)19-14-11-26(21(30)31-2)6-3-17(14)27(24-19)12-4-7-32-8-5-12/h9-10,12H,3-8,11,23H2,1-2H3,(H,28,29). The minimum absolute atomic E-state index is 0.124. The molecule has 0 bridgehead atoms. The lowest BCUT2D eigenvalue weighted by Gasteiger charge is -2.29. The van der Waals surface area contributed by atoms with Crippen LogP contribution < -0.4 is 10.6 Å². The molecular formula is C21H26FN5O5. The van der Waals surface area contributed by atoms with Gasteiger partial charge in [0.05, 0.1) is 36.6 Å². The molecule has 4 rings (SSSR count). The van der Waals surface area contributed by atoms with E-state index < -0.39 is 17.9 Å². The Hall–Kier alpha value is -3.34. The third kappa shape index (κ3) is 3.83. The lowest BCUT2D eigenvalue weighted by atomic mass is 10.0. The number of benzene rings is 1. The second kappa shape index (κ2) is 8.65. The third-order valence-corrected chi connectivity index (χ3v) is 6.06. The van der Waals surface area contributed by atoms with E-state index in [1.165, 1.54) is 7.11 Å². The van der Waals surface area contributed by atoms with Crippen molar-refractivity contribution in [3.05, 3.63) is 34.8 Å². The Bertz CT molecular complexity index is 1050. The van der Waals surface area contributed by atoms with Crippen molar-refractivity contribution < 1.29 is 28.6 Å². The summed E-state index contributed by atoms with van der Waals surface area (Å²) in [5, 5.41) is 14.5. The number of hydrogen-bond donors (Lipinski definition) is 2. The second-order valence-corrected chi connectivity index (χ2v) is 7.93. The molecule has 1 aromatic carbocycles. The van der Waals surface area contributed by atoms with Crippen LogP contribution >= 0.6 is 0 Å². The zero-order valence-corrected chi connectivity index (χ0v) is 18.0. The van der Waals surface area contributed by atoms with Crippen molar-refractivity contribution >= 4 is 29.3 Å². The van der Waals surface area contributed by atoms with Crippen molar-refractivity contribution in [1.82, 2.24) is 14.7 Å². The van der Waals surface area contributed by atoms with Crippen molar-refractivity contribution in [2.24, 2.45) is 0 Å². The number of halogens is 1. The molecule has 2 aliphatic rings. The predicted molar refractivity (Wildman–Crippen MR) is 114 cm³/mol. The number of aromatic carboxylic acids is 1. The number of nitrogens with two attached hydrogens (primary N) is 1. The number of carboxylic acid groups (broad SMARTS) is 1. The number of amides is 1. The van der Waals surface area contributed by atoms with Crippen molar-refractivity contribution in [2.75, 3.05) is 44.5 Å². The van der Waals surface area contributed by atoms with Crippen LogP contribution in [0.3, 0.4) is 0 Å². The van der Waals surface area contributed by atoms with Crippen molar-refractivity contribution in [3.63, 3.8) is 0 Å². The summed E-state index contributed by atoms with van der Waals surface area (Å²) < 4.78 is 26.6. The summed E-state index contributed by atoms with van der Waals surface area (Å²) in [5.41, 5.74) is 7.10. The van der Waals surface area contributed by atoms with Crippen molar-refractivity contribution in [2.45, 2.75) is 31.8 Å². The van der Waals surface area contributed by atoms with Gasteiger partial charge in [0.25, 0.3) is 0 Å². The van der Waals surface area contributed by atoms with Crippen molar-refractivity contribution in [3.8, 4) is 0 Å². The molecule has 2 aliphatic heterocycles. The molecule has 1 saturated heterocycles. The smallest absolute Gasteiger partial charge is 0.409 e. The molecule has 0 atom stereocenters. The molecular weight excluding hydrogens is 421 g/mol. The molecule has 1 fully saturated rings. The first kappa shape index (κ1) is 21.9. The number of nitrogen functional groups attached to an aromatic ring is 1. The number of aromatic nitrogens is 2. The Kier molecular flexibility index (Phi) is 5.92.